The molecule has 0 radical (unpaired) electrons. The predicted molar refractivity (Wildman–Crippen MR) is 50.6 cm³/mol. The third kappa shape index (κ3) is 3.69. The monoisotopic (exact) mass is 258 g/mol. The molecule has 0 aliphatic heterocycles. The van der Waals surface area contributed by atoms with Crippen LogP contribution in [0.5, 0.6) is 0 Å². The number of halogens is 4. The summed E-state index contributed by atoms with van der Waals surface area (Å²) in [6.07, 6.45) is -2.22. The fraction of sp³-hybridized carbons (Fsp3) is 0.625. The summed E-state index contributed by atoms with van der Waals surface area (Å²) in [6, 6.07) is 0. The minimum absolute atomic E-state index is 0.215. The van der Waals surface area contributed by atoms with E-state index in [0.29, 0.717) is 11.6 Å². The minimum Gasteiger partial charge on any atom is -0.368 e. The molecule has 0 amide bonds. The van der Waals surface area contributed by atoms with E-state index >= 15 is 0 Å². The van der Waals surface area contributed by atoms with Crippen LogP contribution in [0.4, 0.5) is 17.6 Å². The van der Waals surface area contributed by atoms with Gasteiger partial charge in [-0.05, 0) is 0 Å². The summed E-state index contributed by atoms with van der Waals surface area (Å²) in [5.74, 6) is -4.12. The topological polar surface area (TPSA) is 48.1 Å². The van der Waals surface area contributed by atoms with Gasteiger partial charge in [-0.1, -0.05) is 0 Å². The maximum absolute atomic E-state index is 12.4. The van der Waals surface area contributed by atoms with Crippen LogP contribution in [-0.2, 0) is 17.9 Å². The van der Waals surface area contributed by atoms with E-state index in [2.05, 4.69) is 9.72 Å². The second kappa shape index (κ2) is 5.55. The lowest BCUT2D eigenvalue weighted by Gasteiger charge is -2.14. The summed E-state index contributed by atoms with van der Waals surface area (Å²) in [5, 5.41) is 0.436. The fourth-order valence-corrected chi connectivity index (χ4v) is 1.59. The molecule has 0 atom stereocenters. The number of nitrogens with zero attached hydrogens (tertiary/aromatic N) is 1. The van der Waals surface area contributed by atoms with Crippen molar-refractivity contribution in [2.45, 2.75) is 25.5 Å². The Hall–Kier alpha value is -0.730. The minimum atomic E-state index is -4.12. The van der Waals surface area contributed by atoms with Crippen LogP contribution in [0.1, 0.15) is 9.88 Å². The van der Waals surface area contributed by atoms with E-state index in [9.17, 15) is 17.6 Å². The fourth-order valence-electron chi connectivity index (χ4n) is 0.847. The molecular weight excluding hydrogens is 248 g/mol. The average Bonchev–Trinajstić information content (AvgIpc) is 2.65. The Balaban J connectivity index is 2.35. The van der Waals surface area contributed by atoms with E-state index in [1.165, 1.54) is 17.5 Å². The van der Waals surface area contributed by atoms with Crippen LogP contribution in [-0.4, -0.2) is 23.9 Å². The number of thiazole rings is 1. The molecule has 1 aromatic rings. The molecule has 0 aliphatic carbocycles. The molecule has 92 valence electrons. The number of aromatic nitrogens is 1. The quantitative estimate of drug-likeness (QED) is 0.794. The summed E-state index contributed by atoms with van der Waals surface area (Å²) >= 11 is 1.20. The second-order valence-corrected chi connectivity index (χ2v) is 4.18. The summed E-state index contributed by atoms with van der Waals surface area (Å²) in [7, 11) is 0. The highest BCUT2D eigenvalue weighted by Gasteiger charge is 2.40. The molecule has 0 aromatic carbocycles. The Morgan fingerprint density at radius 3 is 2.69 bits per heavy atom. The summed E-state index contributed by atoms with van der Waals surface area (Å²) in [6.45, 7) is -1.24. The third-order valence-electron chi connectivity index (χ3n) is 1.64. The number of hydrogen-bond donors (Lipinski definition) is 1. The van der Waals surface area contributed by atoms with Gasteiger partial charge in [0.25, 0.3) is 0 Å². The van der Waals surface area contributed by atoms with Gasteiger partial charge >= 0.3 is 12.3 Å². The molecule has 0 saturated carbocycles. The van der Waals surface area contributed by atoms with E-state index in [-0.39, 0.29) is 6.61 Å². The van der Waals surface area contributed by atoms with Gasteiger partial charge in [0.1, 0.15) is 11.6 Å². The van der Waals surface area contributed by atoms with Crippen molar-refractivity contribution in [3.05, 3.63) is 16.1 Å². The van der Waals surface area contributed by atoms with E-state index in [0.717, 1.165) is 4.88 Å². The van der Waals surface area contributed by atoms with Crippen molar-refractivity contribution in [1.82, 2.24) is 4.98 Å². The third-order valence-corrected chi connectivity index (χ3v) is 2.64. The van der Waals surface area contributed by atoms with Crippen LogP contribution in [0.15, 0.2) is 6.20 Å². The molecule has 0 unspecified atom stereocenters. The molecule has 16 heavy (non-hydrogen) atoms. The lowest BCUT2D eigenvalue weighted by molar-refractivity contribution is -0.168. The molecule has 1 aromatic heterocycles. The van der Waals surface area contributed by atoms with Crippen LogP contribution in [0.25, 0.3) is 0 Å². The zero-order valence-electron chi connectivity index (χ0n) is 8.13. The standard InChI is InChI=1S/C8H10F4N2OS/c9-7(10)8(11,12)4-15-3-6-14-2-5(1-13)16-6/h2,7H,1,3-4,13H2. The summed E-state index contributed by atoms with van der Waals surface area (Å²) in [4.78, 5) is 4.61. The summed E-state index contributed by atoms with van der Waals surface area (Å²) < 4.78 is 52.8. The molecule has 8 heteroatoms. The molecule has 0 saturated heterocycles. The summed E-state index contributed by atoms with van der Waals surface area (Å²) in [5.41, 5.74) is 5.31. The van der Waals surface area contributed by atoms with Crippen molar-refractivity contribution in [3.8, 4) is 0 Å². The first-order valence-corrected chi connectivity index (χ1v) is 5.14. The molecule has 1 rings (SSSR count). The average molecular weight is 258 g/mol. The Bertz CT molecular complexity index is 332. The van der Waals surface area contributed by atoms with Gasteiger partial charge in [0.15, 0.2) is 0 Å². The zero-order valence-corrected chi connectivity index (χ0v) is 8.95. The number of nitrogens with two attached hydrogens (primary N) is 1. The van der Waals surface area contributed by atoms with Gasteiger partial charge in [0, 0.05) is 17.6 Å². The predicted octanol–water partition coefficient (Wildman–Crippen LogP) is 2.02. The lowest BCUT2D eigenvalue weighted by atomic mass is 10.4. The van der Waals surface area contributed by atoms with Gasteiger partial charge in [-0.25, -0.2) is 13.8 Å². The van der Waals surface area contributed by atoms with Crippen LogP contribution >= 0.6 is 11.3 Å². The molecule has 1 heterocycles. The normalized spacial score (nSPS) is 12.4. The van der Waals surface area contributed by atoms with Crippen molar-refractivity contribution in [2.75, 3.05) is 6.61 Å². The molecular formula is C8H10F4N2OS. The van der Waals surface area contributed by atoms with Crippen molar-refractivity contribution in [1.29, 1.82) is 0 Å². The molecule has 2 N–H and O–H groups in total. The maximum Gasteiger partial charge on any atom is 0.330 e. The van der Waals surface area contributed by atoms with Gasteiger partial charge in [-0.15, -0.1) is 11.3 Å². The Labute approximate surface area is 93.2 Å². The molecule has 3 nitrogen and oxygen atoms in total. The smallest absolute Gasteiger partial charge is 0.330 e. The number of rotatable bonds is 6. The van der Waals surface area contributed by atoms with E-state index in [1.54, 1.807) is 0 Å². The Kier molecular flexibility index (Phi) is 4.63. The highest BCUT2D eigenvalue weighted by molar-refractivity contribution is 7.11. The van der Waals surface area contributed by atoms with Crippen molar-refractivity contribution in [2.24, 2.45) is 5.73 Å². The first kappa shape index (κ1) is 13.3. The van der Waals surface area contributed by atoms with Crippen LogP contribution in [0.2, 0.25) is 0 Å². The van der Waals surface area contributed by atoms with Crippen molar-refractivity contribution < 1.29 is 22.3 Å². The zero-order chi connectivity index (χ0) is 12.2. The van der Waals surface area contributed by atoms with E-state index < -0.39 is 19.0 Å². The van der Waals surface area contributed by atoms with Crippen molar-refractivity contribution in [3.63, 3.8) is 0 Å². The first-order valence-electron chi connectivity index (χ1n) is 4.33. The molecule has 0 fully saturated rings. The maximum atomic E-state index is 12.4. The van der Waals surface area contributed by atoms with Crippen LogP contribution in [0.3, 0.4) is 0 Å². The van der Waals surface area contributed by atoms with E-state index in [1.807, 2.05) is 0 Å². The van der Waals surface area contributed by atoms with E-state index in [4.69, 9.17) is 5.73 Å². The number of hydrogen-bond acceptors (Lipinski definition) is 4. The second-order valence-electron chi connectivity index (χ2n) is 2.98. The Morgan fingerprint density at radius 2 is 2.19 bits per heavy atom. The highest BCUT2D eigenvalue weighted by atomic mass is 32.1. The lowest BCUT2D eigenvalue weighted by Crippen LogP contribution is -2.32. The van der Waals surface area contributed by atoms with Crippen LogP contribution < -0.4 is 5.73 Å². The van der Waals surface area contributed by atoms with Gasteiger partial charge < -0.3 is 10.5 Å². The SMILES string of the molecule is NCc1cnc(COCC(F)(F)C(F)F)s1. The van der Waals surface area contributed by atoms with Crippen molar-refractivity contribution >= 4 is 11.3 Å². The molecule has 0 spiro atoms. The van der Waals surface area contributed by atoms with Gasteiger partial charge in [0.05, 0.1) is 6.61 Å². The van der Waals surface area contributed by atoms with Crippen LogP contribution in [0, 0.1) is 0 Å². The largest absolute Gasteiger partial charge is 0.368 e. The highest BCUT2D eigenvalue weighted by Crippen LogP contribution is 2.23. The van der Waals surface area contributed by atoms with Gasteiger partial charge in [-0.2, -0.15) is 8.78 Å². The van der Waals surface area contributed by atoms with Gasteiger partial charge in [0.2, 0.25) is 0 Å². The Morgan fingerprint density at radius 1 is 1.50 bits per heavy atom. The van der Waals surface area contributed by atoms with Gasteiger partial charge in [-0.3, -0.25) is 0 Å². The molecule has 0 aliphatic rings. The number of ether oxygens (including phenoxy) is 1. The molecule has 0 bridgehead atoms. The first-order chi connectivity index (χ1) is 7.45. The number of alkyl halides is 4.